The van der Waals surface area contributed by atoms with Gasteiger partial charge in [0.15, 0.2) is 0 Å². The minimum Gasteiger partial charge on any atom is -0.469 e. The van der Waals surface area contributed by atoms with Crippen LogP contribution in [0.1, 0.15) is 23.6 Å². The first-order valence-electron chi connectivity index (χ1n) is 7.00. The Morgan fingerprint density at radius 2 is 1.77 bits per heavy atom. The summed E-state index contributed by atoms with van der Waals surface area (Å²) in [5.74, 6) is -3.07. The van der Waals surface area contributed by atoms with Crippen molar-refractivity contribution >= 4 is 17.8 Å². The van der Waals surface area contributed by atoms with Gasteiger partial charge in [-0.25, -0.2) is 0 Å². The maximum absolute atomic E-state index is 12.2. The molecule has 3 atom stereocenters. The molecular formula is C16H19NO5. The molecule has 1 aromatic carbocycles. The van der Waals surface area contributed by atoms with Gasteiger partial charge in [0.2, 0.25) is 5.91 Å². The number of carbonyl (C=O) groups excluding carboxylic acids is 3. The normalized spacial score (nSPS) is 24.3. The Labute approximate surface area is 128 Å². The standard InChI is InChI=1S/C16H19NO5/c1-9-6-4-5-7-10(9)14-13(16(20)22-3)11(15(19)21-2)8-12(18)17-14/h4-7,11,13-14H,8H2,1-3H3,(H,17,18). The fourth-order valence-corrected chi connectivity index (χ4v) is 2.91. The first kappa shape index (κ1) is 16.0. The van der Waals surface area contributed by atoms with Gasteiger partial charge in [0.05, 0.1) is 32.1 Å². The van der Waals surface area contributed by atoms with E-state index in [1.165, 1.54) is 14.2 Å². The van der Waals surface area contributed by atoms with Crippen LogP contribution < -0.4 is 5.32 Å². The van der Waals surface area contributed by atoms with Crippen LogP contribution in [0.15, 0.2) is 24.3 Å². The molecule has 3 unspecified atom stereocenters. The molecular weight excluding hydrogens is 286 g/mol. The molecule has 6 nitrogen and oxygen atoms in total. The number of hydrogen-bond acceptors (Lipinski definition) is 5. The lowest BCUT2D eigenvalue weighted by atomic mass is 9.76. The number of carbonyl (C=O) groups is 3. The second-order valence-electron chi connectivity index (χ2n) is 5.28. The summed E-state index contributed by atoms with van der Waals surface area (Å²) in [5.41, 5.74) is 1.71. The second kappa shape index (κ2) is 6.60. The Morgan fingerprint density at radius 3 is 2.36 bits per heavy atom. The molecule has 1 aliphatic heterocycles. The van der Waals surface area contributed by atoms with Crippen LogP contribution in [0.4, 0.5) is 0 Å². The molecule has 6 heteroatoms. The second-order valence-corrected chi connectivity index (χ2v) is 5.28. The summed E-state index contributed by atoms with van der Waals surface area (Å²) in [6, 6.07) is 6.80. The average molecular weight is 305 g/mol. The molecule has 1 N–H and O–H groups in total. The fraction of sp³-hybridized carbons (Fsp3) is 0.438. The van der Waals surface area contributed by atoms with Crippen LogP contribution in [-0.2, 0) is 23.9 Å². The number of nitrogens with one attached hydrogen (secondary N) is 1. The fourth-order valence-electron chi connectivity index (χ4n) is 2.91. The monoisotopic (exact) mass is 305 g/mol. The molecule has 1 heterocycles. The average Bonchev–Trinajstić information content (AvgIpc) is 2.53. The minimum absolute atomic E-state index is 0.0885. The summed E-state index contributed by atoms with van der Waals surface area (Å²) >= 11 is 0. The maximum Gasteiger partial charge on any atom is 0.312 e. The summed E-state index contributed by atoms with van der Waals surface area (Å²) in [5, 5.41) is 2.80. The van der Waals surface area contributed by atoms with Crippen molar-refractivity contribution in [3.8, 4) is 0 Å². The summed E-state index contributed by atoms with van der Waals surface area (Å²) in [6.07, 6.45) is -0.0885. The van der Waals surface area contributed by atoms with E-state index < -0.39 is 29.8 Å². The minimum atomic E-state index is -0.851. The van der Waals surface area contributed by atoms with Gasteiger partial charge in [-0.2, -0.15) is 0 Å². The largest absolute Gasteiger partial charge is 0.469 e. The first-order valence-corrected chi connectivity index (χ1v) is 7.00. The lowest BCUT2D eigenvalue weighted by Gasteiger charge is -2.36. The van der Waals surface area contributed by atoms with Crippen molar-refractivity contribution in [3.63, 3.8) is 0 Å². The summed E-state index contributed by atoms with van der Waals surface area (Å²) < 4.78 is 9.59. The van der Waals surface area contributed by atoms with Crippen molar-refractivity contribution in [1.29, 1.82) is 0 Å². The maximum atomic E-state index is 12.2. The molecule has 2 rings (SSSR count). The molecule has 0 saturated carbocycles. The third kappa shape index (κ3) is 2.95. The first-order chi connectivity index (χ1) is 10.5. The van der Waals surface area contributed by atoms with E-state index in [9.17, 15) is 14.4 Å². The zero-order valence-electron chi connectivity index (χ0n) is 12.8. The van der Waals surface area contributed by atoms with Gasteiger partial charge in [-0.1, -0.05) is 24.3 Å². The number of rotatable bonds is 3. The predicted molar refractivity (Wildman–Crippen MR) is 77.7 cm³/mol. The highest BCUT2D eigenvalue weighted by atomic mass is 16.5. The van der Waals surface area contributed by atoms with Crippen molar-refractivity contribution in [3.05, 3.63) is 35.4 Å². The Bertz CT molecular complexity index is 598. The molecule has 1 aromatic rings. The lowest BCUT2D eigenvalue weighted by molar-refractivity contribution is -0.163. The third-order valence-corrected chi connectivity index (χ3v) is 4.02. The SMILES string of the molecule is COC(=O)C1CC(=O)NC(c2ccccc2C)C1C(=O)OC. The number of aryl methyl sites for hydroxylation is 1. The molecule has 1 amide bonds. The van der Waals surface area contributed by atoms with E-state index in [-0.39, 0.29) is 12.3 Å². The molecule has 22 heavy (non-hydrogen) atoms. The Kier molecular flexibility index (Phi) is 4.80. The topological polar surface area (TPSA) is 81.7 Å². The Morgan fingerprint density at radius 1 is 1.14 bits per heavy atom. The lowest BCUT2D eigenvalue weighted by Crippen LogP contribution is -2.50. The number of benzene rings is 1. The van der Waals surface area contributed by atoms with Gasteiger partial charge >= 0.3 is 11.9 Å². The van der Waals surface area contributed by atoms with Gasteiger partial charge in [0.25, 0.3) is 0 Å². The highest BCUT2D eigenvalue weighted by Crippen LogP contribution is 2.36. The number of ether oxygens (including phenoxy) is 2. The summed E-state index contributed by atoms with van der Waals surface area (Å²) in [7, 11) is 2.51. The quantitative estimate of drug-likeness (QED) is 0.847. The highest BCUT2D eigenvalue weighted by Gasteiger charge is 2.47. The van der Waals surface area contributed by atoms with Crippen LogP contribution in [0, 0.1) is 18.8 Å². The van der Waals surface area contributed by atoms with Gasteiger partial charge in [-0.15, -0.1) is 0 Å². The van der Waals surface area contributed by atoms with E-state index >= 15 is 0 Å². The number of esters is 2. The van der Waals surface area contributed by atoms with Gasteiger partial charge in [-0.05, 0) is 18.1 Å². The Balaban J connectivity index is 2.48. The van der Waals surface area contributed by atoms with Gasteiger partial charge in [-0.3, -0.25) is 14.4 Å². The zero-order valence-corrected chi connectivity index (χ0v) is 12.8. The number of amides is 1. The van der Waals surface area contributed by atoms with Crippen LogP contribution in [0.3, 0.4) is 0 Å². The van der Waals surface area contributed by atoms with E-state index in [0.29, 0.717) is 0 Å². The third-order valence-electron chi connectivity index (χ3n) is 4.02. The molecule has 118 valence electrons. The van der Waals surface area contributed by atoms with Crippen molar-refractivity contribution in [2.75, 3.05) is 14.2 Å². The van der Waals surface area contributed by atoms with Crippen LogP contribution in [0.5, 0.6) is 0 Å². The molecule has 0 radical (unpaired) electrons. The van der Waals surface area contributed by atoms with Gasteiger partial charge in [0, 0.05) is 6.42 Å². The van der Waals surface area contributed by atoms with Crippen LogP contribution in [-0.4, -0.2) is 32.1 Å². The molecule has 1 aliphatic rings. The van der Waals surface area contributed by atoms with Crippen LogP contribution in [0.25, 0.3) is 0 Å². The van der Waals surface area contributed by atoms with Crippen molar-refractivity contribution < 1.29 is 23.9 Å². The summed E-state index contributed by atoms with van der Waals surface area (Å²) in [6.45, 7) is 1.89. The molecule has 0 bridgehead atoms. The molecule has 0 aliphatic carbocycles. The smallest absolute Gasteiger partial charge is 0.312 e. The van der Waals surface area contributed by atoms with E-state index in [0.717, 1.165) is 11.1 Å². The van der Waals surface area contributed by atoms with E-state index in [2.05, 4.69) is 5.32 Å². The van der Waals surface area contributed by atoms with Crippen LogP contribution in [0.2, 0.25) is 0 Å². The number of hydrogen-bond donors (Lipinski definition) is 1. The van der Waals surface area contributed by atoms with E-state index in [1.807, 2.05) is 31.2 Å². The van der Waals surface area contributed by atoms with Crippen molar-refractivity contribution in [2.45, 2.75) is 19.4 Å². The molecule has 1 fully saturated rings. The number of methoxy groups -OCH3 is 2. The highest BCUT2D eigenvalue weighted by molar-refractivity contribution is 5.90. The van der Waals surface area contributed by atoms with Crippen molar-refractivity contribution in [1.82, 2.24) is 5.32 Å². The van der Waals surface area contributed by atoms with E-state index in [1.54, 1.807) is 0 Å². The summed E-state index contributed by atoms with van der Waals surface area (Å²) in [4.78, 5) is 36.2. The van der Waals surface area contributed by atoms with E-state index in [4.69, 9.17) is 9.47 Å². The van der Waals surface area contributed by atoms with Crippen LogP contribution >= 0.6 is 0 Å². The Hall–Kier alpha value is -2.37. The van der Waals surface area contributed by atoms with Gasteiger partial charge < -0.3 is 14.8 Å². The molecule has 0 spiro atoms. The van der Waals surface area contributed by atoms with Gasteiger partial charge in [0.1, 0.15) is 0 Å². The predicted octanol–water partition coefficient (Wildman–Crippen LogP) is 1.13. The number of piperidine rings is 1. The zero-order chi connectivity index (χ0) is 16.3. The molecule has 0 aromatic heterocycles. The van der Waals surface area contributed by atoms with Crippen molar-refractivity contribution in [2.24, 2.45) is 11.8 Å². The molecule has 1 saturated heterocycles.